The maximum Gasteiger partial charge on any atom is 0.220 e. The van der Waals surface area contributed by atoms with Crippen molar-refractivity contribution >= 4 is 17.7 Å². The van der Waals surface area contributed by atoms with Gasteiger partial charge in [0.2, 0.25) is 5.91 Å². The number of amides is 1. The molecule has 1 atom stereocenters. The molecule has 168 valence electrons. The fourth-order valence-corrected chi connectivity index (χ4v) is 4.51. The van der Waals surface area contributed by atoms with Gasteiger partial charge in [0, 0.05) is 17.9 Å². The molecule has 4 rings (SSSR count). The Morgan fingerprint density at radius 3 is 2.21 bits per heavy atom. The average Bonchev–Trinajstić information content (AvgIpc) is 3.27. The highest BCUT2D eigenvalue weighted by Crippen LogP contribution is 2.27. The molecule has 1 heterocycles. The number of hydrogen-bond donors (Lipinski definition) is 1. The Morgan fingerprint density at radius 1 is 0.909 bits per heavy atom. The van der Waals surface area contributed by atoms with Crippen LogP contribution in [0.25, 0.3) is 5.69 Å². The zero-order valence-electron chi connectivity index (χ0n) is 18.9. The lowest BCUT2D eigenvalue weighted by molar-refractivity contribution is -0.121. The van der Waals surface area contributed by atoms with E-state index in [4.69, 9.17) is 0 Å². The number of nitrogens with one attached hydrogen (secondary N) is 1. The van der Waals surface area contributed by atoms with Crippen molar-refractivity contribution < 1.29 is 4.79 Å². The highest BCUT2D eigenvalue weighted by molar-refractivity contribution is 7.98. The van der Waals surface area contributed by atoms with Crippen LogP contribution in [0.1, 0.15) is 41.9 Å². The normalized spacial score (nSPS) is 11.8. The van der Waals surface area contributed by atoms with Gasteiger partial charge in [-0.05, 0) is 43.5 Å². The maximum atomic E-state index is 12.6. The van der Waals surface area contributed by atoms with Crippen LogP contribution in [0.2, 0.25) is 0 Å². The Balaban J connectivity index is 1.51. The van der Waals surface area contributed by atoms with Crippen LogP contribution in [0, 0.1) is 6.92 Å². The Kier molecular flexibility index (Phi) is 7.58. The highest BCUT2D eigenvalue weighted by atomic mass is 32.2. The van der Waals surface area contributed by atoms with E-state index in [-0.39, 0.29) is 11.9 Å². The van der Waals surface area contributed by atoms with E-state index >= 15 is 0 Å². The maximum absolute atomic E-state index is 12.6. The number of aryl methyl sites for hydroxylation is 2. The molecule has 0 saturated carbocycles. The van der Waals surface area contributed by atoms with Gasteiger partial charge in [0.25, 0.3) is 0 Å². The van der Waals surface area contributed by atoms with Crippen molar-refractivity contribution in [2.24, 2.45) is 0 Å². The molecule has 33 heavy (non-hydrogen) atoms. The number of nitrogens with zero attached hydrogens (tertiary/aromatic N) is 3. The molecule has 5 nitrogen and oxygen atoms in total. The smallest absolute Gasteiger partial charge is 0.220 e. The largest absolute Gasteiger partial charge is 0.346 e. The van der Waals surface area contributed by atoms with Gasteiger partial charge in [-0.25, -0.2) is 0 Å². The molecule has 1 aromatic heterocycles. The third-order valence-electron chi connectivity index (χ3n) is 5.41. The van der Waals surface area contributed by atoms with E-state index in [9.17, 15) is 4.79 Å². The number of rotatable bonds is 9. The van der Waals surface area contributed by atoms with Gasteiger partial charge in [-0.3, -0.25) is 9.36 Å². The van der Waals surface area contributed by atoms with Crippen LogP contribution in [0.5, 0.6) is 0 Å². The predicted octanol–water partition coefficient (Wildman–Crippen LogP) is 5.68. The molecule has 0 spiro atoms. The third kappa shape index (κ3) is 6.11. The minimum Gasteiger partial charge on any atom is -0.346 e. The Labute approximate surface area is 199 Å². The second-order valence-corrected chi connectivity index (χ2v) is 9.00. The lowest BCUT2D eigenvalue weighted by Crippen LogP contribution is -2.28. The van der Waals surface area contributed by atoms with Gasteiger partial charge < -0.3 is 5.32 Å². The molecule has 6 heteroatoms. The molecular weight excluding hydrogens is 428 g/mol. The number of thioether (sulfide) groups is 1. The second kappa shape index (κ2) is 11.0. The molecule has 0 saturated heterocycles. The molecule has 0 aliphatic heterocycles. The molecule has 0 aliphatic rings. The summed E-state index contributed by atoms with van der Waals surface area (Å²) < 4.78 is 2.05. The molecule has 3 aromatic carbocycles. The first-order valence-corrected chi connectivity index (χ1v) is 12.1. The zero-order valence-corrected chi connectivity index (χ0v) is 19.8. The molecule has 1 N–H and O–H groups in total. The van der Waals surface area contributed by atoms with Gasteiger partial charge in [0.15, 0.2) is 11.0 Å². The van der Waals surface area contributed by atoms with E-state index in [0.717, 1.165) is 28.0 Å². The summed E-state index contributed by atoms with van der Waals surface area (Å²) in [6.45, 7) is 4.03. The fraction of sp³-hybridized carbons (Fsp3) is 0.222. The monoisotopic (exact) mass is 456 g/mol. The summed E-state index contributed by atoms with van der Waals surface area (Å²) in [7, 11) is 0. The Hall–Kier alpha value is -3.38. The van der Waals surface area contributed by atoms with Gasteiger partial charge >= 0.3 is 0 Å². The van der Waals surface area contributed by atoms with E-state index in [2.05, 4.69) is 63.4 Å². The lowest BCUT2D eigenvalue weighted by Gasteiger charge is -2.16. The van der Waals surface area contributed by atoms with Crippen LogP contribution in [0.15, 0.2) is 90.1 Å². The zero-order chi connectivity index (χ0) is 23.0. The highest BCUT2D eigenvalue weighted by Gasteiger charge is 2.21. The van der Waals surface area contributed by atoms with Crippen molar-refractivity contribution in [1.29, 1.82) is 0 Å². The standard InChI is InChI=1S/C27H28N4OS/c1-20-13-16-24(17-14-20)31-26(29-30-27(31)33-19-23-11-7-4-8-12-23)21(2)28-25(32)18-15-22-9-5-3-6-10-22/h3-14,16-17,21H,15,18-19H2,1-2H3,(H,28,32). The van der Waals surface area contributed by atoms with E-state index < -0.39 is 0 Å². The van der Waals surface area contributed by atoms with E-state index in [1.54, 1.807) is 11.8 Å². The van der Waals surface area contributed by atoms with E-state index in [1.165, 1.54) is 11.1 Å². The third-order valence-corrected chi connectivity index (χ3v) is 6.41. The van der Waals surface area contributed by atoms with Crippen molar-refractivity contribution in [2.75, 3.05) is 0 Å². The summed E-state index contributed by atoms with van der Waals surface area (Å²) in [6.07, 6.45) is 1.14. The summed E-state index contributed by atoms with van der Waals surface area (Å²) in [4.78, 5) is 12.6. The van der Waals surface area contributed by atoms with Gasteiger partial charge in [-0.2, -0.15) is 0 Å². The van der Waals surface area contributed by atoms with Crippen LogP contribution in [-0.2, 0) is 17.0 Å². The SMILES string of the molecule is Cc1ccc(-n2c(SCc3ccccc3)nnc2C(C)NC(=O)CCc2ccccc2)cc1. The van der Waals surface area contributed by atoms with Crippen LogP contribution < -0.4 is 5.32 Å². The van der Waals surface area contributed by atoms with Crippen LogP contribution in [0.4, 0.5) is 0 Å². The van der Waals surface area contributed by atoms with E-state index in [1.807, 2.05) is 55.5 Å². The second-order valence-electron chi connectivity index (χ2n) is 8.06. The molecular formula is C27H28N4OS. The summed E-state index contributed by atoms with van der Waals surface area (Å²) in [6, 6.07) is 28.4. The summed E-state index contributed by atoms with van der Waals surface area (Å²) in [5.74, 6) is 1.52. The first kappa shape index (κ1) is 22.8. The molecule has 0 fully saturated rings. The Morgan fingerprint density at radius 2 is 1.55 bits per heavy atom. The summed E-state index contributed by atoms with van der Waals surface area (Å²) in [5, 5.41) is 12.9. The molecule has 0 aliphatic carbocycles. The first-order valence-electron chi connectivity index (χ1n) is 11.1. The van der Waals surface area contributed by atoms with Crippen molar-refractivity contribution in [2.45, 2.75) is 43.6 Å². The van der Waals surface area contributed by atoms with Crippen LogP contribution >= 0.6 is 11.8 Å². The molecule has 4 aromatic rings. The van der Waals surface area contributed by atoms with Gasteiger partial charge in [0.05, 0.1) is 6.04 Å². The van der Waals surface area contributed by atoms with Crippen LogP contribution in [-0.4, -0.2) is 20.7 Å². The average molecular weight is 457 g/mol. The molecule has 1 unspecified atom stereocenters. The number of benzene rings is 3. The number of carbonyl (C=O) groups excluding carboxylic acids is 1. The molecule has 0 radical (unpaired) electrons. The van der Waals surface area contributed by atoms with Crippen molar-refractivity contribution in [3.8, 4) is 5.69 Å². The minimum atomic E-state index is -0.270. The molecule has 0 bridgehead atoms. The molecule has 1 amide bonds. The summed E-state index contributed by atoms with van der Waals surface area (Å²) in [5.41, 5.74) is 4.56. The number of aromatic nitrogens is 3. The van der Waals surface area contributed by atoms with Crippen LogP contribution in [0.3, 0.4) is 0 Å². The summed E-state index contributed by atoms with van der Waals surface area (Å²) >= 11 is 1.64. The number of carbonyl (C=O) groups is 1. The first-order chi connectivity index (χ1) is 16.1. The van der Waals surface area contributed by atoms with Crippen molar-refractivity contribution in [1.82, 2.24) is 20.1 Å². The van der Waals surface area contributed by atoms with Crippen molar-refractivity contribution in [3.05, 3.63) is 107 Å². The van der Waals surface area contributed by atoms with Crippen molar-refractivity contribution in [3.63, 3.8) is 0 Å². The lowest BCUT2D eigenvalue weighted by atomic mass is 10.1. The predicted molar refractivity (Wildman–Crippen MR) is 133 cm³/mol. The van der Waals surface area contributed by atoms with E-state index in [0.29, 0.717) is 12.8 Å². The van der Waals surface area contributed by atoms with Gasteiger partial charge in [-0.15, -0.1) is 10.2 Å². The Bertz CT molecular complexity index is 1170. The number of hydrogen-bond acceptors (Lipinski definition) is 4. The van der Waals surface area contributed by atoms with Gasteiger partial charge in [-0.1, -0.05) is 90.1 Å². The minimum absolute atomic E-state index is 0.00305. The topological polar surface area (TPSA) is 59.8 Å². The fourth-order valence-electron chi connectivity index (χ4n) is 3.59. The van der Waals surface area contributed by atoms with Gasteiger partial charge in [0.1, 0.15) is 0 Å². The quantitative estimate of drug-likeness (QED) is 0.329.